The third-order valence-electron chi connectivity index (χ3n) is 2.77. The highest BCUT2D eigenvalue weighted by Crippen LogP contribution is 2.15. The standard InChI is InChI=1S/C15H22BrNO2/c1-11(2)9-15(3,19)10-17-14(18)8-12-5-4-6-13(16)7-12/h4-7,11,19H,8-10H2,1-3H3,(H,17,18). The first-order valence-electron chi connectivity index (χ1n) is 6.52. The monoisotopic (exact) mass is 327 g/mol. The zero-order valence-corrected chi connectivity index (χ0v) is 13.3. The van der Waals surface area contributed by atoms with Gasteiger partial charge in [0.1, 0.15) is 0 Å². The van der Waals surface area contributed by atoms with Gasteiger partial charge in [-0.1, -0.05) is 41.9 Å². The van der Waals surface area contributed by atoms with E-state index in [0.717, 1.165) is 10.0 Å². The lowest BCUT2D eigenvalue weighted by atomic mass is 9.94. The summed E-state index contributed by atoms with van der Waals surface area (Å²) in [5, 5.41) is 12.9. The molecule has 1 atom stereocenters. The maximum Gasteiger partial charge on any atom is 0.224 e. The fraction of sp³-hybridized carbons (Fsp3) is 0.533. The molecule has 0 bridgehead atoms. The van der Waals surface area contributed by atoms with Crippen molar-refractivity contribution < 1.29 is 9.90 Å². The Bertz CT molecular complexity index is 430. The van der Waals surface area contributed by atoms with Crippen LogP contribution >= 0.6 is 15.9 Å². The van der Waals surface area contributed by atoms with Gasteiger partial charge in [0, 0.05) is 11.0 Å². The van der Waals surface area contributed by atoms with E-state index in [1.165, 1.54) is 0 Å². The van der Waals surface area contributed by atoms with Gasteiger partial charge in [0.05, 0.1) is 12.0 Å². The van der Waals surface area contributed by atoms with Gasteiger partial charge in [0.15, 0.2) is 0 Å². The van der Waals surface area contributed by atoms with Gasteiger partial charge in [-0.3, -0.25) is 4.79 Å². The van der Waals surface area contributed by atoms with E-state index in [1.807, 2.05) is 24.3 Å². The fourth-order valence-electron chi connectivity index (χ4n) is 2.14. The van der Waals surface area contributed by atoms with Crippen molar-refractivity contribution in [3.8, 4) is 0 Å². The maximum atomic E-state index is 11.8. The van der Waals surface area contributed by atoms with Gasteiger partial charge in [-0.2, -0.15) is 0 Å². The number of rotatable bonds is 6. The van der Waals surface area contributed by atoms with Gasteiger partial charge < -0.3 is 10.4 Å². The predicted molar refractivity (Wildman–Crippen MR) is 80.9 cm³/mol. The summed E-state index contributed by atoms with van der Waals surface area (Å²) >= 11 is 3.38. The quantitative estimate of drug-likeness (QED) is 0.844. The summed E-state index contributed by atoms with van der Waals surface area (Å²) in [5.41, 5.74) is 0.108. The SMILES string of the molecule is CC(C)CC(C)(O)CNC(=O)Cc1cccc(Br)c1. The average molecular weight is 328 g/mol. The molecule has 1 aromatic rings. The van der Waals surface area contributed by atoms with Crippen LogP contribution in [0.15, 0.2) is 28.7 Å². The van der Waals surface area contributed by atoms with Crippen LogP contribution in [-0.2, 0) is 11.2 Å². The molecule has 0 saturated carbocycles. The number of carbonyl (C=O) groups is 1. The van der Waals surface area contributed by atoms with Crippen LogP contribution < -0.4 is 5.32 Å². The van der Waals surface area contributed by atoms with E-state index in [-0.39, 0.29) is 12.5 Å². The molecule has 3 nitrogen and oxygen atoms in total. The molecule has 106 valence electrons. The molecule has 1 unspecified atom stereocenters. The van der Waals surface area contributed by atoms with E-state index < -0.39 is 5.60 Å². The van der Waals surface area contributed by atoms with Crippen LogP contribution in [0.4, 0.5) is 0 Å². The first-order chi connectivity index (χ1) is 8.78. The molecule has 0 radical (unpaired) electrons. The normalized spacial score (nSPS) is 14.2. The number of carbonyl (C=O) groups excluding carboxylic acids is 1. The van der Waals surface area contributed by atoms with E-state index in [0.29, 0.717) is 18.8 Å². The highest BCUT2D eigenvalue weighted by atomic mass is 79.9. The second-order valence-electron chi connectivity index (χ2n) is 5.68. The van der Waals surface area contributed by atoms with Crippen molar-refractivity contribution in [2.75, 3.05) is 6.54 Å². The molecule has 1 rings (SSSR count). The van der Waals surface area contributed by atoms with Crippen molar-refractivity contribution in [3.63, 3.8) is 0 Å². The van der Waals surface area contributed by atoms with Crippen molar-refractivity contribution in [1.29, 1.82) is 0 Å². The van der Waals surface area contributed by atoms with Crippen LogP contribution in [0.2, 0.25) is 0 Å². The van der Waals surface area contributed by atoms with E-state index in [4.69, 9.17) is 0 Å². The Morgan fingerprint density at radius 3 is 2.74 bits per heavy atom. The summed E-state index contributed by atoms with van der Waals surface area (Å²) < 4.78 is 0.963. The van der Waals surface area contributed by atoms with Crippen LogP contribution in [0.5, 0.6) is 0 Å². The molecule has 1 amide bonds. The summed E-state index contributed by atoms with van der Waals surface area (Å²) in [7, 11) is 0. The molecule has 0 aromatic heterocycles. The van der Waals surface area contributed by atoms with Gasteiger partial charge in [-0.05, 0) is 37.0 Å². The minimum Gasteiger partial charge on any atom is -0.388 e. The van der Waals surface area contributed by atoms with E-state index >= 15 is 0 Å². The number of amides is 1. The molecule has 19 heavy (non-hydrogen) atoms. The third kappa shape index (κ3) is 6.73. The number of aliphatic hydroxyl groups is 1. The highest BCUT2D eigenvalue weighted by Gasteiger charge is 2.22. The molecular weight excluding hydrogens is 306 g/mol. The van der Waals surface area contributed by atoms with Crippen LogP contribution in [0.3, 0.4) is 0 Å². The summed E-state index contributed by atoms with van der Waals surface area (Å²) in [6.07, 6.45) is 1.00. The molecule has 0 aliphatic heterocycles. The minimum absolute atomic E-state index is 0.0675. The summed E-state index contributed by atoms with van der Waals surface area (Å²) in [4.78, 5) is 11.8. The molecule has 2 N–H and O–H groups in total. The van der Waals surface area contributed by atoms with E-state index in [9.17, 15) is 9.90 Å². The number of benzene rings is 1. The van der Waals surface area contributed by atoms with Crippen molar-refractivity contribution in [1.82, 2.24) is 5.32 Å². The lowest BCUT2D eigenvalue weighted by molar-refractivity contribution is -0.121. The first kappa shape index (κ1) is 16.2. The van der Waals surface area contributed by atoms with Crippen molar-refractivity contribution in [3.05, 3.63) is 34.3 Å². The molecule has 0 aliphatic rings. The zero-order chi connectivity index (χ0) is 14.5. The number of hydrogen-bond donors (Lipinski definition) is 2. The molecular formula is C15H22BrNO2. The van der Waals surface area contributed by atoms with Gasteiger partial charge in [-0.15, -0.1) is 0 Å². The zero-order valence-electron chi connectivity index (χ0n) is 11.7. The summed E-state index contributed by atoms with van der Waals surface area (Å²) in [5.74, 6) is 0.333. The van der Waals surface area contributed by atoms with Crippen LogP contribution in [0.25, 0.3) is 0 Å². The predicted octanol–water partition coefficient (Wildman–Crippen LogP) is 2.90. The average Bonchev–Trinajstić information content (AvgIpc) is 2.25. The second kappa shape index (κ2) is 7.06. The Balaban J connectivity index is 2.44. The Kier molecular flexibility index (Phi) is 6.01. The van der Waals surface area contributed by atoms with Crippen LogP contribution in [0, 0.1) is 5.92 Å². The molecule has 0 saturated heterocycles. The third-order valence-corrected chi connectivity index (χ3v) is 3.26. The second-order valence-corrected chi connectivity index (χ2v) is 6.59. The van der Waals surface area contributed by atoms with Crippen LogP contribution in [0.1, 0.15) is 32.8 Å². The Labute approximate surface area is 123 Å². The Hall–Kier alpha value is -0.870. The lowest BCUT2D eigenvalue weighted by Gasteiger charge is -2.25. The first-order valence-corrected chi connectivity index (χ1v) is 7.31. The van der Waals surface area contributed by atoms with Gasteiger partial charge >= 0.3 is 0 Å². The Morgan fingerprint density at radius 2 is 2.16 bits per heavy atom. The van der Waals surface area contributed by atoms with Crippen molar-refractivity contribution >= 4 is 21.8 Å². The molecule has 0 heterocycles. The van der Waals surface area contributed by atoms with E-state index in [2.05, 4.69) is 35.1 Å². The molecule has 0 spiro atoms. The Morgan fingerprint density at radius 1 is 1.47 bits per heavy atom. The molecule has 4 heteroatoms. The molecule has 0 fully saturated rings. The van der Waals surface area contributed by atoms with Gasteiger partial charge in [0.25, 0.3) is 0 Å². The summed E-state index contributed by atoms with van der Waals surface area (Å²) in [6, 6.07) is 7.67. The number of nitrogens with one attached hydrogen (secondary N) is 1. The fourth-order valence-corrected chi connectivity index (χ4v) is 2.58. The number of halogens is 1. The van der Waals surface area contributed by atoms with Crippen LogP contribution in [-0.4, -0.2) is 23.2 Å². The minimum atomic E-state index is -0.846. The van der Waals surface area contributed by atoms with E-state index in [1.54, 1.807) is 6.92 Å². The molecule has 0 aliphatic carbocycles. The molecule has 1 aromatic carbocycles. The summed E-state index contributed by atoms with van der Waals surface area (Å²) in [6.45, 7) is 6.15. The van der Waals surface area contributed by atoms with Crippen molar-refractivity contribution in [2.45, 2.75) is 39.2 Å². The topological polar surface area (TPSA) is 49.3 Å². The highest BCUT2D eigenvalue weighted by molar-refractivity contribution is 9.10. The van der Waals surface area contributed by atoms with Crippen molar-refractivity contribution in [2.24, 2.45) is 5.92 Å². The largest absolute Gasteiger partial charge is 0.388 e. The maximum absolute atomic E-state index is 11.8. The number of hydrogen-bond acceptors (Lipinski definition) is 2. The van der Waals surface area contributed by atoms with Gasteiger partial charge in [0.2, 0.25) is 5.91 Å². The van der Waals surface area contributed by atoms with Gasteiger partial charge in [-0.25, -0.2) is 0 Å². The smallest absolute Gasteiger partial charge is 0.224 e. The lowest BCUT2D eigenvalue weighted by Crippen LogP contribution is -2.42.